The number of unbranched alkanes of at least 4 members (excludes halogenated alkanes) is 1. The van der Waals surface area contributed by atoms with Crippen molar-refractivity contribution in [3.63, 3.8) is 0 Å². The third-order valence-corrected chi connectivity index (χ3v) is 4.14. The standard InChI is InChI=1S/C14H26N4OS/c1-5-8-10-18(11(4)7-3)13(19)12-16-17-14(20-12)15-9-6-2/h11H,5-10H2,1-4H3,(H,15,17). The second kappa shape index (κ2) is 8.89. The van der Waals surface area contributed by atoms with Crippen molar-refractivity contribution in [1.82, 2.24) is 15.1 Å². The van der Waals surface area contributed by atoms with E-state index in [0.717, 1.165) is 43.9 Å². The molecule has 0 saturated carbocycles. The molecule has 6 heteroatoms. The molecule has 1 amide bonds. The summed E-state index contributed by atoms with van der Waals surface area (Å²) in [6.45, 7) is 10.1. The molecule has 0 saturated heterocycles. The highest BCUT2D eigenvalue weighted by molar-refractivity contribution is 7.17. The molecule has 1 aromatic rings. The number of hydrogen-bond acceptors (Lipinski definition) is 5. The molecular weight excluding hydrogens is 272 g/mol. The van der Waals surface area contributed by atoms with Crippen LogP contribution in [0.5, 0.6) is 0 Å². The highest BCUT2D eigenvalue weighted by Crippen LogP contribution is 2.19. The van der Waals surface area contributed by atoms with Crippen LogP contribution in [0.3, 0.4) is 0 Å². The molecule has 1 unspecified atom stereocenters. The van der Waals surface area contributed by atoms with Crippen LogP contribution in [0.15, 0.2) is 0 Å². The summed E-state index contributed by atoms with van der Waals surface area (Å²) in [4.78, 5) is 14.5. The Hall–Kier alpha value is -1.17. The second-order valence-electron chi connectivity index (χ2n) is 4.95. The van der Waals surface area contributed by atoms with Gasteiger partial charge in [0.1, 0.15) is 0 Å². The normalized spacial score (nSPS) is 12.2. The summed E-state index contributed by atoms with van der Waals surface area (Å²) in [7, 11) is 0. The molecule has 114 valence electrons. The first kappa shape index (κ1) is 16.9. The molecule has 1 aromatic heterocycles. The molecule has 1 N–H and O–H groups in total. The average molecular weight is 298 g/mol. The molecule has 0 bridgehead atoms. The van der Waals surface area contributed by atoms with Gasteiger partial charge in [-0.2, -0.15) is 0 Å². The number of hydrogen-bond donors (Lipinski definition) is 1. The first-order valence-electron chi connectivity index (χ1n) is 7.52. The molecule has 0 aliphatic heterocycles. The zero-order chi connectivity index (χ0) is 15.0. The van der Waals surface area contributed by atoms with E-state index in [1.807, 2.05) is 4.90 Å². The lowest BCUT2D eigenvalue weighted by Gasteiger charge is -2.27. The Labute approximate surface area is 125 Å². The van der Waals surface area contributed by atoms with Gasteiger partial charge in [-0.1, -0.05) is 38.5 Å². The lowest BCUT2D eigenvalue weighted by Crippen LogP contribution is -2.39. The molecule has 0 aliphatic carbocycles. The maximum Gasteiger partial charge on any atom is 0.285 e. The lowest BCUT2D eigenvalue weighted by atomic mass is 10.2. The Morgan fingerprint density at radius 3 is 2.65 bits per heavy atom. The van der Waals surface area contributed by atoms with Crippen LogP contribution in [0.4, 0.5) is 5.13 Å². The molecule has 1 heterocycles. The zero-order valence-electron chi connectivity index (χ0n) is 13.0. The van der Waals surface area contributed by atoms with Crippen molar-refractivity contribution >= 4 is 22.4 Å². The second-order valence-corrected chi connectivity index (χ2v) is 5.93. The summed E-state index contributed by atoms with van der Waals surface area (Å²) < 4.78 is 0. The Morgan fingerprint density at radius 2 is 2.05 bits per heavy atom. The van der Waals surface area contributed by atoms with E-state index in [9.17, 15) is 4.79 Å². The molecule has 0 aliphatic rings. The first-order chi connectivity index (χ1) is 9.63. The van der Waals surface area contributed by atoms with Gasteiger partial charge in [0.25, 0.3) is 5.91 Å². The van der Waals surface area contributed by atoms with Crippen molar-refractivity contribution in [2.45, 2.75) is 59.4 Å². The number of carbonyl (C=O) groups excluding carboxylic acids is 1. The molecule has 1 rings (SSSR count). The number of amides is 1. The van der Waals surface area contributed by atoms with Crippen LogP contribution in [0.1, 0.15) is 63.2 Å². The summed E-state index contributed by atoms with van der Waals surface area (Å²) in [5.74, 6) is 0.00912. The van der Waals surface area contributed by atoms with Gasteiger partial charge in [-0.05, 0) is 26.2 Å². The van der Waals surface area contributed by atoms with Crippen molar-refractivity contribution in [1.29, 1.82) is 0 Å². The van der Waals surface area contributed by atoms with E-state index in [-0.39, 0.29) is 11.9 Å². The average Bonchev–Trinajstić information content (AvgIpc) is 2.93. The Morgan fingerprint density at radius 1 is 1.30 bits per heavy atom. The monoisotopic (exact) mass is 298 g/mol. The van der Waals surface area contributed by atoms with E-state index in [2.05, 4.69) is 43.2 Å². The molecule has 20 heavy (non-hydrogen) atoms. The Kier molecular flexibility index (Phi) is 7.51. The molecule has 1 atom stereocenters. The minimum absolute atomic E-state index is 0.00912. The maximum absolute atomic E-state index is 12.5. The van der Waals surface area contributed by atoms with Crippen molar-refractivity contribution < 1.29 is 4.79 Å². The summed E-state index contributed by atoms with van der Waals surface area (Å²) >= 11 is 1.35. The number of aromatic nitrogens is 2. The van der Waals surface area contributed by atoms with Crippen LogP contribution in [0.2, 0.25) is 0 Å². The fourth-order valence-corrected chi connectivity index (χ4v) is 2.53. The first-order valence-corrected chi connectivity index (χ1v) is 8.33. The minimum Gasteiger partial charge on any atom is -0.360 e. The molecular formula is C14H26N4OS. The fraction of sp³-hybridized carbons (Fsp3) is 0.786. The summed E-state index contributed by atoms with van der Waals surface area (Å²) in [5.41, 5.74) is 0. The van der Waals surface area contributed by atoms with Gasteiger partial charge in [0.15, 0.2) is 0 Å². The van der Waals surface area contributed by atoms with Gasteiger partial charge in [0.2, 0.25) is 10.1 Å². The molecule has 0 radical (unpaired) electrons. The predicted octanol–water partition coefficient (Wildman–Crippen LogP) is 3.40. The van der Waals surface area contributed by atoms with Gasteiger partial charge in [0.05, 0.1) is 0 Å². The summed E-state index contributed by atoms with van der Waals surface area (Å²) in [6, 6.07) is 0.241. The minimum atomic E-state index is 0.00912. The van der Waals surface area contributed by atoms with Crippen molar-refractivity contribution in [3.05, 3.63) is 5.01 Å². The van der Waals surface area contributed by atoms with Crippen LogP contribution in [0, 0.1) is 0 Å². The van der Waals surface area contributed by atoms with E-state index >= 15 is 0 Å². The van der Waals surface area contributed by atoms with Gasteiger partial charge >= 0.3 is 0 Å². The van der Waals surface area contributed by atoms with Gasteiger partial charge in [-0.3, -0.25) is 4.79 Å². The Bertz CT molecular complexity index is 408. The van der Waals surface area contributed by atoms with E-state index in [1.54, 1.807) is 0 Å². The molecule has 0 fully saturated rings. The van der Waals surface area contributed by atoms with Gasteiger partial charge in [-0.25, -0.2) is 0 Å². The van der Waals surface area contributed by atoms with E-state index in [4.69, 9.17) is 0 Å². The van der Waals surface area contributed by atoms with Crippen LogP contribution in [-0.4, -0.2) is 40.1 Å². The van der Waals surface area contributed by atoms with Crippen molar-refractivity contribution in [3.8, 4) is 0 Å². The van der Waals surface area contributed by atoms with Crippen molar-refractivity contribution in [2.24, 2.45) is 0 Å². The number of nitrogens with zero attached hydrogens (tertiary/aromatic N) is 3. The predicted molar refractivity (Wildman–Crippen MR) is 84.4 cm³/mol. The number of nitrogens with one attached hydrogen (secondary N) is 1. The van der Waals surface area contributed by atoms with Gasteiger partial charge in [0, 0.05) is 19.1 Å². The highest BCUT2D eigenvalue weighted by atomic mass is 32.1. The largest absolute Gasteiger partial charge is 0.360 e. The Balaban J connectivity index is 2.74. The van der Waals surface area contributed by atoms with E-state index < -0.39 is 0 Å². The fourth-order valence-electron chi connectivity index (χ4n) is 1.81. The number of anilines is 1. The van der Waals surface area contributed by atoms with Crippen LogP contribution in [-0.2, 0) is 0 Å². The molecule has 0 spiro atoms. The number of rotatable bonds is 9. The summed E-state index contributed by atoms with van der Waals surface area (Å²) in [5, 5.41) is 12.4. The topological polar surface area (TPSA) is 58.1 Å². The van der Waals surface area contributed by atoms with Crippen LogP contribution in [0.25, 0.3) is 0 Å². The van der Waals surface area contributed by atoms with Gasteiger partial charge < -0.3 is 10.2 Å². The smallest absolute Gasteiger partial charge is 0.285 e. The third-order valence-electron chi connectivity index (χ3n) is 3.27. The summed E-state index contributed by atoms with van der Waals surface area (Å²) in [6.07, 6.45) is 4.09. The molecule has 0 aromatic carbocycles. The zero-order valence-corrected chi connectivity index (χ0v) is 13.8. The van der Waals surface area contributed by atoms with E-state index in [1.165, 1.54) is 11.3 Å². The third kappa shape index (κ3) is 4.74. The van der Waals surface area contributed by atoms with Gasteiger partial charge in [-0.15, -0.1) is 10.2 Å². The lowest BCUT2D eigenvalue weighted by molar-refractivity contribution is 0.0684. The van der Waals surface area contributed by atoms with E-state index in [0.29, 0.717) is 5.01 Å². The van der Waals surface area contributed by atoms with Crippen LogP contribution < -0.4 is 5.32 Å². The maximum atomic E-state index is 12.5. The van der Waals surface area contributed by atoms with Crippen LogP contribution >= 0.6 is 11.3 Å². The van der Waals surface area contributed by atoms with Crippen molar-refractivity contribution in [2.75, 3.05) is 18.4 Å². The number of carbonyl (C=O) groups is 1. The SMILES string of the molecule is CCCCN(C(=O)c1nnc(NCCC)s1)C(C)CC. The molecule has 5 nitrogen and oxygen atoms in total. The quantitative estimate of drug-likeness (QED) is 0.759. The highest BCUT2D eigenvalue weighted by Gasteiger charge is 2.23.